The molecular formula is C18H19N5O2. The van der Waals surface area contributed by atoms with Crippen LogP contribution in [-0.4, -0.2) is 33.1 Å². The first-order chi connectivity index (χ1) is 12.0. The average molecular weight is 337 g/mol. The van der Waals surface area contributed by atoms with Crippen molar-refractivity contribution in [3.8, 4) is 11.4 Å². The number of esters is 1. The Kier molecular flexibility index (Phi) is 4.47. The number of carbonyl (C=O) groups is 1. The highest BCUT2D eigenvalue weighted by atomic mass is 16.5. The molecule has 0 fully saturated rings. The van der Waals surface area contributed by atoms with Crippen LogP contribution in [0.15, 0.2) is 42.6 Å². The molecule has 0 saturated heterocycles. The molecule has 0 aliphatic rings. The second-order valence-electron chi connectivity index (χ2n) is 5.83. The molecule has 1 unspecified atom stereocenters. The lowest BCUT2D eigenvalue weighted by Crippen LogP contribution is -2.08. The third-order valence-electron chi connectivity index (χ3n) is 3.97. The van der Waals surface area contributed by atoms with Gasteiger partial charge in [-0.2, -0.15) is 0 Å². The molecule has 25 heavy (non-hydrogen) atoms. The van der Waals surface area contributed by atoms with E-state index in [1.165, 1.54) is 7.11 Å². The third-order valence-corrected chi connectivity index (χ3v) is 3.97. The SMILES string of the molecule is COC(=O)c1ccc(C(C)n2cc(-c3cc(C)cc(N)n3)nn2)cc1. The number of benzene rings is 1. The van der Waals surface area contributed by atoms with Crippen LogP contribution in [0.3, 0.4) is 0 Å². The van der Waals surface area contributed by atoms with Crippen LogP contribution < -0.4 is 5.73 Å². The Balaban J connectivity index is 1.85. The molecule has 0 saturated carbocycles. The molecule has 0 aliphatic carbocycles. The van der Waals surface area contributed by atoms with Crippen LogP contribution in [-0.2, 0) is 4.74 Å². The number of ether oxygens (including phenoxy) is 1. The second-order valence-corrected chi connectivity index (χ2v) is 5.83. The van der Waals surface area contributed by atoms with E-state index in [2.05, 4.69) is 15.3 Å². The fourth-order valence-corrected chi connectivity index (χ4v) is 2.58. The molecule has 7 nitrogen and oxygen atoms in total. The molecule has 2 heterocycles. The van der Waals surface area contributed by atoms with Crippen LogP contribution in [0.1, 0.15) is 34.5 Å². The van der Waals surface area contributed by atoms with Crippen LogP contribution in [0.25, 0.3) is 11.4 Å². The summed E-state index contributed by atoms with van der Waals surface area (Å²) >= 11 is 0. The minimum atomic E-state index is -0.356. The highest BCUT2D eigenvalue weighted by Gasteiger charge is 2.14. The van der Waals surface area contributed by atoms with Crippen molar-refractivity contribution in [3.63, 3.8) is 0 Å². The standard InChI is InChI=1S/C18H19N5O2/c1-11-8-15(20-17(19)9-11)16-10-23(22-21-16)12(2)13-4-6-14(7-5-13)18(24)25-3/h4-10,12H,1-3H3,(H2,19,20). The zero-order valence-corrected chi connectivity index (χ0v) is 14.3. The van der Waals surface area contributed by atoms with Gasteiger partial charge in [0.05, 0.1) is 30.6 Å². The van der Waals surface area contributed by atoms with Gasteiger partial charge in [-0.1, -0.05) is 17.3 Å². The Hall–Kier alpha value is -3.22. The topological polar surface area (TPSA) is 95.9 Å². The summed E-state index contributed by atoms with van der Waals surface area (Å²) < 4.78 is 6.46. The maximum Gasteiger partial charge on any atom is 0.337 e. The first kappa shape index (κ1) is 16.6. The van der Waals surface area contributed by atoms with E-state index >= 15 is 0 Å². The molecule has 2 N–H and O–H groups in total. The van der Waals surface area contributed by atoms with E-state index in [1.807, 2.05) is 38.2 Å². The highest BCUT2D eigenvalue weighted by Crippen LogP contribution is 2.22. The predicted octanol–water partition coefficient (Wildman–Crippen LogP) is 2.63. The monoisotopic (exact) mass is 337 g/mol. The van der Waals surface area contributed by atoms with E-state index in [9.17, 15) is 4.79 Å². The number of hydrogen-bond donors (Lipinski definition) is 1. The van der Waals surface area contributed by atoms with E-state index in [4.69, 9.17) is 10.5 Å². The van der Waals surface area contributed by atoms with Crippen LogP contribution >= 0.6 is 0 Å². The number of methoxy groups -OCH3 is 1. The van der Waals surface area contributed by atoms with Crippen LogP contribution in [0.5, 0.6) is 0 Å². The van der Waals surface area contributed by atoms with Gasteiger partial charge < -0.3 is 10.5 Å². The highest BCUT2D eigenvalue weighted by molar-refractivity contribution is 5.89. The molecule has 7 heteroatoms. The van der Waals surface area contributed by atoms with Crippen molar-refractivity contribution in [2.24, 2.45) is 0 Å². The first-order valence-corrected chi connectivity index (χ1v) is 7.82. The largest absolute Gasteiger partial charge is 0.465 e. The predicted molar refractivity (Wildman–Crippen MR) is 94.0 cm³/mol. The van der Waals surface area contributed by atoms with Gasteiger partial charge in [-0.25, -0.2) is 14.5 Å². The summed E-state index contributed by atoms with van der Waals surface area (Å²) in [6, 6.07) is 10.9. The summed E-state index contributed by atoms with van der Waals surface area (Å²) in [5, 5.41) is 8.39. The lowest BCUT2D eigenvalue weighted by molar-refractivity contribution is 0.0600. The number of anilines is 1. The Morgan fingerprint density at radius 1 is 1.20 bits per heavy atom. The summed E-state index contributed by atoms with van der Waals surface area (Å²) in [5.41, 5.74) is 9.68. The summed E-state index contributed by atoms with van der Waals surface area (Å²) in [4.78, 5) is 15.8. The number of hydrogen-bond acceptors (Lipinski definition) is 6. The lowest BCUT2D eigenvalue weighted by Gasteiger charge is -2.12. The van der Waals surface area contributed by atoms with Gasteiger partial charge in [0.15, 0.2) is 0 Å². The van der Waals surface area contributed by atoms with Crippen molar-refractivity contribution < 1.29 is 9.53 Å². The fourth-order valence-electron chi connectivity index (χ4n) is 2.58. The Morgan fingerprint density at radius 2 is 1.92 bits per heavy atom. The van der Waals surface area contributed by atoms with Crippen molar-refractivity contribution in [1.82, 2.24) is 20.0 Å². The number of carbonyl (C=O) groups excluding carboxylic acids is 1. The lowest BCUT2D eigenvalue weighted by atomic mass is 10.1. The van der Waals surface area contributed by atoms with E-state index in [0.29, 0.717) is 22.8 Å². The number of pyridine rings is 1. The zero-order valence-electron chi connectivity index (χ0n) is 14.3. The average Bonchev–Trinajstić information content (AvgIpc) is 3.10. The van der Waals surface area contributed by atoms with E-state index < -0.39 is 0 Å². The molecule has 0 amide bonds. The Morgan fingerprint density at radius 3 is 2.56 bits per heavy atom. The maximum atomic E-state index is 11.5. The molecule has 3 aromatic rings. The number of rotatable bonds is 4. The number of nitrogens with two attached hydrogens (primary N) is 1. The van der Waals surface area contributed by atoms with Gasteiger partial charge in [0.1, 0.15) is 11.5 Å². The van der Waals surface area contributed by atoms with E-state index in [1.54, 1.807) is 22.9 Å². The smallest absolute Gasteiger partial charge is 0.337 e. The normalized spacial score (nSPS) is 12.0. The van der Waals surface area contributed by atoms with Crippen molar-refractivity contribution in [2.75, 3.05) is 12.8 Å². The molecule has 1 atom stereocenters. The summed E-state index contributed by atoms with van der Waals surface area (Å²) in [5.74, 6) is 0.0985. The van der Waals surface area contributed by atoms with Gasteiger partial charge in [0.25, 0.3) is 0 Å². The van der Waals surface area contributed by atoms with Gasteiger partial charge in [0.2, 0.25) is 0 Å². The molecule has 128 valence electrons. The van der Waals surface area contributed by atoms with Crippen LogP contribution in [0.2, 0.25) is 0 Å². The molecule has 2 aromatic heterocycles. The summed E-state index contributed by atoms with van der Waals surface area (Å²) in [6.45, 7) is 3.96. The van der Waals surface area contributed by atoms with Gasteiger partial charge in [0, 0.05) is 0 Å². The Bertz CT molecular complexity index is 882. The van der Waals surface area contributed by atoms with Gasteiger partial charge in [-0.15, -0.1) is 5.10 Å². The molecule has 0 aliphatic heterocycles. The number of nitrogen functional groups attached to an aromatic ring is 1. The van der Waals surface area contributed by atoms with Gasteiger partial charge in [-0.05, 0) is 49.2 Å². The molecule has 0 spiro atoms. The molecular weight excluding hydrogens is 318 g/mol. The number of aromatic nitrogens is 4. The number of nitrogens with zero attached hydrogens (tertiary/aromatic N) is 4. The molecule has 3 rings (SSSR count). The van der Waals surface area contributed by atoms with Crippen LogP contribution in [0.4, 0.5) is 5.82 Å². The van der Waals surface area contributed by atoms with E-state index in [0.717, 1.165) is 11.1 Å². The molecule has 0 bridgehead atoms. The maximum absolute atomic E-state index is 11.5. The van der Waals surface area contributed by atoms with Gasteiger partial charge >= 0.3 is 5.97 Å². The minimum Gasteiger partial charge on any atom is -0.465 e. The van der Waals surface area contributed by atoms with Crippen molar-refractivity contribution in [2.45, 2.75) is 19.9 Å². The van der Waals surface area contributed by atoms with Gasteiger partial charge in [-0.3, -0.25) is 0 Å². The molecule has 0 radical (unpaired) electrons. The third kappa shape index (κ3) is 3.50. The Labute approximate surface area is 145 Å². The fraction of sp³-hybridized carbons (Fsp3) is 0.222. The minimum absolute atomic E-state index is 0.0462. The molecule has 1 aromatic carbocycles. The van der Waals surface area contributed by atoms with Crippen molar-refractivity contribution >= 4 is 11.8 Å². The second kappa shape index (κ2) is 6.72. The first-order valence-electron chi connectivity index (χ1n) is 7.82. The summed E-state index contributed by atoms with van der Waals surface area (Å²) in [6.07, 6.45) is 1.83. The quantitative estimate of drug-likeness (QED) is 0.735. The van der Waals surface area contributed by atoms with E-state index in [-0.39, 0.29) is 12.0 Å². The zero-order chi connectivity index (χ0) is 18.0. The summed E-state index contributed by atoms with van der Waals surface area (Å²) in [7, 11) is 1.36. The van der Waals surface area contributed by atoms with Crippen LogP contribution in [0, 0.1) is 6.92 Å². The van der Waals surface area contributed by atoms with Crippen molar-refractivity contribution in [3.05, 3.63) is 59.3 Å². The number of aryl methyl sites for hydroxylation is 1. The van der Waals surface area contributed by atoms with Crippen molar-refractivity contribution in [1.29, 1.82) is 0 Å².